The van der Waals surface area contributed by atoms with E-state index >= 15 is 0 Å². The minimum Gasteiger partial charge on any atom is -0.469 e. The van der Waals surface area contributed by atoms with Crippen molar-refractivity contribution in [3.8, 4) is 0 Å². The number of aromatic nitrogens is 1. The summed E-state index contributed by atoms with van der Waals surface area (Å²) in [6.07, 6.45) is 2.90. The maximum absolute atomic E-state index is 13.6. The van der Waals surface area contributed by atoms with Crippen molar-refractivity contribution in [1.29, 1.82) is 0 Å². The molecule has 0 saturated carbocycles. The Kier molecular flexibility index (Phi) is 7.44. The molecule has 0 radical (unpaired) electrons. The number of halogens is 1. The monoisotopic (exact) mass is 532 g/mol. The Labute approximate surface area is 201 Å². The molecule has 0 bridgehead atoms. The third-order valence-electron chi connectivity index (χ3n) is 5.41. The van der Waals surface area contributed by atoms with E-state index in [-0.39, 0.29) is 23.8 Å². The van der Waals surface area contributed by atoms with Gasteiger partial charge in [-0.3, -0.25) is 9.59 Å². The summed E-state index contributed by atoms with van der Waals surface area (Å²) in [6, 6.07) is 11.0. The van der Waals surface area contributed by atoms with Crippen molar-refractivity contribution in [3.05, 3.63) is 76.9 Å². The molecule has 3 aromatic rings. The van der Waals surface area contributed by atoms with E-state index in [1.54, 1.807) is 48.5 Å². The van der Waals surface area contributed by atoms with Crippen molar-refractivity contribution in [2.45, 2.75) is 31.2 Å². The van der Waals surface area contributed by atoms with Gasteiger partial charge in [-0.05, 0) is 31.2 Å². The molecule has 1 amide bonds. The maximum Gasteiger partial charge on any atom is 0.307 e. The largest absolute Gasteiger partial charge is 0.469 e. The Morgan fingerprint density at radius 2 is 1.88 bits per heavy atom. The fourth-order valence-electron chi connectivity index (χ4n) is 3.76. The molecule has 1 aromatic heterocycles. The average Bonchev–Trinajstić information content (AvgIpc) is 3.17. The number of hydrogen-bond donors (Lipinski definition) is 0. The number of ether oxygens (including phenoxy) is 1. The third kappa shape index (κ3) is 4.89. The van der Waals surface area contributed by atoms with E-state index in [4.69, 9.17) is 4.74 Å². The SMILES string of the molecule is C=CCN(C(C)=O)C(CC(=O)OC)c1cn(S(=O)(=O)c2ccc(C)cc2)c2cccc(Br)c12. The van der Waals surface area contributed by atoms with E-state index in [9.17, 15) is 18.0 Å². The highest BCUT2D eigenvalue weighted by Gasteiger charge is 2.31. The Balaban J connectivity index is 2.32. The van der Waals surface area contributed by atoms with Crippen LogP contribution < -0.4 is 0 Å². The van der Waals surface area contributed by atoms with Gasteiger partial charge in [0, 0.05) is 35.1 Å². The summed E-state index contributed by atoms with van der Waals surface area (Å²) in [5.74, 6) is -0.803. The Hall–Kier alpha value is -2.91. The van der Waals surface area contributed by atoms with Gasteiger partial charge in [0.05, 0.1) is 30.0 Å². The van der Waals surface area contributed by atoms with Crippen LogP contribution in [0, 0.1) is 6.92 Å². The number of aryl methyl sites for hydroxylation is 1. The first-order valence-electron chi connectivity index (χ1n) is 10.2. The molecule has 7 nitrogen and oxygen atoms in total. The summed E-state index contributed by atoms with van der Waals surface area (Å²) in [7, 11) is -2.68. The van der Waals surface area contributed by atoms with Gasteiger partial charge in [0.1, 0.15) is 0 Å². The number of esters is 1. The lowest BCUT2D eigenvalue weighted by Gasteiger charge is -2.29. The van der Waals surface area contributed by atoms with E-state index in [1.165, 1.54) is 29.1 Å². The minimum atomic E-state index is -3.95. The molecule has 0 fully saturated rings. The minimum absolute atomic E-state index is 0.135. The van der Waals surface area contributed by atoms with E-state index in [2.05, 4.69) is 22.5 Å². The van der Waals surface area contributed by atoms with Crippen LogP contribution in [0.15, 0.2) is 70.7 Å². The highest BCUT2D eigenvalue weighted by Crippen LogP contribution is 2.38. The number of rotatable bonds is 8. The highest BCUT2D eigenvalue weighted by atomic mass is 79.9. The van der Waals surface area contributed by atoms with Crippen LogP contribution in [0.25, 0.3) is 10.9 Å². The predicted molar refractivity (Wildman–Crippen MR) is 130 cm³/mol. The zero-order valence-corrected chi connectivity index (χ0v) is 21.0. The second kappa shape index (κ2) is 9.93. The summed E-state index contributed by atoms with van der Waals surface area (Å²) in [5, 5.41) is 0.595. The molecule has 0 spiro atoms. The van der Waals surface area contributed by atoms with Gasteiger partial charge in [0.2, 0.25) is 5.91 Å². The number of carbonyl (C=O) groups is 2. The van der Waals surface area contributed by atoms with Gasteiger partial charge in [-0.15, -0.1) is 6.58 Å². The number of methoxy groups -OCH3 is 1. The summed E-state index contributed by atoms with van der Waals surface area (Å²) < 4.78 is 33.9. The van der Waals surface area contributed by atoms with Crippen LogP contribution in [-0.4, -0.2) is 42.8 Å². The van der Waals surface area contributed by atoms with Crippen LogP contribution >= 0.6 is 15.9 Å². The first-order chi connectivity index (χ1) is 15.6. The zero-order chi connectivity index (χ0) is 24.3. The molecule has 0 N–H and O–H groups in total. The Morgan fingerprint density at radius 3 is 2.45 bits per heavy atom. The number of amides is 1. The first-order valence-corrected chi connectivity index (χ1v) is 12.4. The number of benzene rings is 2. The third-order valence-corrected chi connectivity index (χ3v) is 7.75. The van der Waals surface area contributed by atoms with E-state index in [1.807, 2.05) is 6.92 Å². The molecule has 0 aliphatic rings. The molecular formula is C24H25BrN2O5S. The molecule has 0 aliphatic heterocycles. The van der Waals surface area contributed by atoms with Crippen LogP contribution in [0.1, 0.15) is 30.5 Å². The quantitative estimate of drug-likeness (QED) is 0.313. The molecule has 1 atom stereocenters. The van der Waals surface area contributed by atoms with Crippen LogP contribution in [0.3, 0.4) is 0 Å². The second-order valence-corrected chi connectivity index (χ2v) is 10.3. The summed E-state index contributed by atoms with van der Waals surface area (Å²) in [6.45, 7) is 7.16. The topological polar surface area (TPSA) is 85.7 Å². The predicted octanol–water partition coefficient (Wildman–Crippen LogP) is 4.59. The van der Waals surface area contributed by atoms with Crippen molar-refractivity contribution >= 4 is 48.7 Å². The standard InChI is InChI=1S/C24H25BrN2O5S/c1-5-13-26(17(3)28)22(14-23(29)32-4)19-15-27(21-8-6-7-20(25)24(19)21)33(30,31)18-11-9-16(2)10-12-18/h5-12,15,22H,1,13-14H2,2-4H3. The van der Waals surface area contributed by atoms with Crippen LogP contribution in [-0.2, 0) is 24.3 Å². The molecule has 33 heavy (non-hydrogen) atoms. The van der Waals surface area contributed by atoms with E-state index in [0.717, 1.165) is 5.56 Å². The summed E-state index contributed by atoms with van der Waals surface area (Å²) in [4.78, 5) is 26.4. The number of fused-ring (bicyclic) bond motifs is 1. The van der Waals surface area contributed by atoms with Crippen molar-refractivity contribution in [2.75, 3.05) is 13.7 Å². The molecule has 0 saturated heterocycles. The molecule has 1 heterocycles. The van der Waals surface area contributed by atoms with Crippen molar-refractivity contribution in [1.82, 2.24) is 8.87 Å². The fourth-order valence-corrected chi connectivity index (χ4v) is 5.72. The Morgan fingerprint density at radius 1 is 1.21 bits per heavy atom. The molecule has 174 valence electrons. The molecule has 3 rings (SSSR count). The number of carbonyl (C=O) groups excluding carboxylic acids is 2. The van der Waals surface area contributed by atoms with Gasteiger partial charge in [0.15, 0.2) is 0 Å². The lowest BCUT2D eigenvalue weighted by atomic mass is 10.0. The van der Waals surface area contributed by atoms with Gasteiger partial charge < -0.3 is 9.64 Å². The normalized spacial score (nSPS) is 12.4. The zero-order valence-electron chi connectivity index (χ0n) is 18.6. The summed E-state index contributed by atoms with van der Waals surface area (Å²) in [5.41, 5.74) is 1.88. The van der Waals surface area contributed by atoms with E-state index in [0.29, 0.717) is 20.9 Å². The molecule has 0 aliphatic carbocycles. The molecule has 9 heteroatoms. The van der Waals surface area contributed by atoms with Crippen molar-refractivity contribution in [2.24, 2.45) is 0 Å². The van der Waals surface area contributed by atoms with Gasteiger partial charge in [0.25, 0.3) is 10.0 Å². The van der Waals surface area contributed by atoms with Gasteiger partial charge >= 0.3 is 5.97 Å². The molecule has 2 aromatic carbocycles. The second-order valence-electron chi connectivity index (χ2n) is 7.59. The number of hydrogen-bond acceptors (Lipinski definition) is 5. The van der Waals surface area contributed by atoms with Gasteiger partial charge in [-0.2, -0.15) is 0 Å². The van der Waals surface area contributed by atoms with Crippen molar-refractivity contribution in [3.63, 3.8) is 0 Å². The molecule has 1 unspecified atom stereocenters. The first kappa shape index (κ1) is 24.7. The van der Waals surface area contributed by atoms with E-state index < -0.39 is 22.0 Å². The lowest BCUT2D eigenvalue weighted by molar-refractivity contribution is -0.143. The lowest BCUT2D eigenvalue weighted by Crippen LogP contribution is -2.34. The smallest absolute Gasteiger partial charge is 0.307 e. The Bertz CT molecular complexity index is 1310. The van der Waals surface area contributed by atoms with Crippen LogP contribution in [0.5, 0.6) is 0 Å². The fraction of sp³-hybridized carbons (Fsp3) is 0.250. The molecular weight excluding hydrogens is 508 g/mol. The summed E-state index contributed by atoms with van der Waals surface area (Å²) >= 11 is 3.52. The van der Waals surface area contributed by atoms with Crippen molar-refractivity contribution < 1.29 is 22.7 Å². The van der Waals surface area contributed by atoms with Crippen LogP contribution in [0.2, 0.25) is 0 Å². The average molecular weight is 533 g/mol. The number of nitrogens with zero attached hydrogens (tertiary/aromatic N) is 2. The maximum atomic E-state index is 13.6. The van der Waals surface area contributed by atoms with Gasteiger partial charge in [-0.1, -0.05) is 45.8 Å². The highest BCUT2D eigenvalue weighted by molar-refractivity contribution is 9.10. The van der Waals surface area contributed by atoms with Crippen LogP contribution in [0.4, 0.5) is 0 Å². The van der Waals surface area contributed by atoms with Gasteiger partial charge in [-0.25, -0.2) is 12.4 Å².